The van der Waals surface area contributed by atoms with Gasteiger partial charge in [-0.1, -0.05) is 30.3 Å². The number of nitrogen functional groups attached to an aromatic ring is 1. The van der Waals surface area contributed by atoms with Crippen molar-refractivity contribution in [2.75, 3.05) is 5.73 Å². The van der Waals surface area contributed by atoms with E-state index in [-0.39, 0.29) is 9.79 Å². The Morgan fingerprint density at radius 1 is 0.667 bits per heavy atom. The van der Waals surface area contributed by atoms with Crippen molar-refractivity contribution in [2.24, 2.45) is 0 Å². The van der Waals surface area contributed by atoms with Gasteiger partial charge in [-0.2, -0.15) is 0 Å². The third-order valence-electron chi connectivity index (χ3n) is 3.44. The first-order valence-electron chi connectivity index (χ1n) is 6.91. The van der Waals surface area contributed by atoms with Crippen molar-refractivity contribution in [3.05, 3.63) is 66.7 Å². The molecule has 8 heteroatoms. The monoisotopic (exact) mass is 362 g/mol. The average molecular weight is 362 g/mol. The lowest BCUT2D eigenvalue weighted by Gasteiger charge is -2.09. The smallest absolute Gasteiger partial charge is 0.253 e. The Morgan fingerprint density at radius 3 is 1.88 bits per heavy atom. The second-order valence-electron chi connectivity index (χ2n) is 5.17. The molecule has 0 aliphatic carbocycles. The predicted molar refractivity (Wildman–Crippen MR) is 92.3 cm³/mol. The Balaban J connectivity index is 1.99. The van der Waals surface area contributed by atoms with Crippen LogP contribution in [0.4, 0.5) is 5.69 Å². The van der Waals surface area contributed by atoms with E-state index in [0.717, 1.165) is 5.39 Å². The Labute approximate surface area is 140 Å². The van der Waals surface area contributed by atoms with Crippen molar-refractivity contribution >= 4 is 36.5 Å². The van der Waals surface area contributed by atoms with Crippen molar-refractivity contribution in [1.82, 2.24) is 4.13 Å². The van der Waals surface area contributed by atoms with Crippen LogP contribution in [0.1, 0.15) is 0 Å². The summed E-state index contributed by atoms with van der Waals surface area (Å²) >= 11 is 0. The highest BCUT2D eigenvalue weighted by Crippen LogP contribution is 2.20. The standard InChI is InChI=1S/C16H14N2O4S2/c17-14-6-9-15(10-7-14)23(19,20)18-24(21,22)16-8-5-12-3-1-2-4-13(12)11-16/h1-11,18H,17H2. The summed E-state index contributed by atoms with van der Waals surface area (Å²) < 4.78 is 51.1. The first-order chi connectivity index (χ1) is 11.3. The summed E-state index contributed by atoms with van der Waals surface area (Å²) in [5, 5.41) is 1.56. The van der Waals surface area contributed by atoms with Gasteiger partial charge in [0, 0.05) is 5.69 Å². The first-order valence-corrected chi connectivity index (χ1v) is 9.87. The third-order valence-corrected chi connectivity index (χ3v) is 6.96. The van der Waals surface area contributed by atoms with E-state index >= 15 is 0 Å². The van der Waals surface area contributed by atoms with Crippen molar-refractivity contribution in [3.63, 3.8) is 0 Å². The second-order valence-corrected chi connectivity index (χ2v) is 8.79. The Kier molecular flexibility index (Phi) is 4.04. The molecule has 0 aliphatic heterocycles. The van der Waals surface area contributed by atoms with Crippen LogP contribution in [0, 0.1) is 0 Å². The number of nitrogens with one attached hydrogen (secondary N) is 1. The van der Waals surface area contributed by atoms with Crippen LogP contribution < -0.4 is 9.86 Å². The largest absolute Gasteiger partial charge is 0.399 e. The number of hydrogen-bond donors (Lipinski definition) is 2. The minimum absolute atomic E-state index is 0.125. The first kappa shape index (κ1) is 16.4. The number of rotatable bonds is 4. The molecule has 0 heterocycles. The molecule has 6 nitrogen and oxygen atoms in total. The Hall–Kier alpha value is -2.42. The normalized spacial score (nSPS) is 12.3. The van der Waals surface area contributed by atoms with E-state index in [9.17, 15) is 16.8 Å². The molecule has 0 aromatic heterocycles. The molecule has 0 amide bonds. The van der Waals surface area contributed by atoms with Crippen molar-refractivity contribution in [1.29, 1.82) is 0 Å². The molecule has 0 atom stereocenters. The van der Waals surface area contributed by atoms with E-state index in [1.807, 2.05) is 12.1 Å². The maximum Gasteiger partial charge on any atom is 0.253 e. The van der Waals surface area contributed by atoms with Crippen LogP contribution in [-0.2, 0) is 20.0 Å². The number of fused-ring (bicyclic) bond motifs is 1. The molecule has 0 saturated carbocycles. The summed E-state index contributed by atoms with van der Waals surface area (Å²) in [4.78, 5) is -0.304. The quantitative estimate of drug-likeness (QED) is 0.691. The van der Waals surface area contributed by atoms with Crippen molar-refractivity contribution in [3.8, 4) is 0 Å². The summed E-state index contributed by atoms with van der Waals surface area (Å²) in [5.41, 5.74) is 5.89. The number of anilines is 1. The molecule has 0 saturated heterocycles. The van der Waals surface area contributed by atoms with E-state index in [4.69, 9.17) is 5.73 Å². The zero-order valence-electron chi connectivity index (χ0n) is 12.4. The summed E-state index contributed by atoms with van der Waals surface area (Å²) in [5.74, 6) is 0. The van der Waals surface area contributed by atoms with Crippen molar-refractivity contribution in [2.45, 2.75) is 9.79 Å². The fraction of sp³-hybridized carbons (Fsp3) is 0. The van der Waals surface area contributed by atoms with Crippen LogP contribution in [0.15, 0.2) is 76.5 Å². The fourth-order valence-electron chi connectivity index (χ4n) is 2.22. The lowest BCUT2D eigenvalue weighted by molar-refractivity contribution is 0.577. The van der Waals surface area contributed by atoms with Crippen LogP contribution in [0.25, 0.3) is 10.8 Å². The third kappa shape index (κ3) is 3.25. The highest BCUT2D eigenvalue weighted by atomic mass is 32.3. The fourth-order valence-corrected chi connectivity index (χ4v) is 5.17. The molecule has 3 rings (SSSR count). The van der Waals surface area contributed by atoms with Crippen molar-refractivity contribution < 1.29 is 16.8 Å². The molecule has 0 spiro atoms. The van der Waals surface area contributed by atoms with E-state index in [0.29, 0.717) is 11.1 Å². The van der Waals surface area contributed by atoms with Gasteiger partial charge in [0.1, 0.15) is 0 Å². The van der Waals surface area contributed by atoms with Gasteiger partial charge in [-0.25, -0.2) is 16.8 Å². The number of benzene rings is 3. The van der Waals surface area contributed by atoms with Crippen LogP contribution in [0.2, 0.25) is 0 Å². The molecule has 0 radical (unpaired) electrons. The Bertz CT molecular complexity index is 1110. The number of nitrogens with two attached hydrogens (primary N) is 1. The van der Waals surface area contributed by atoms with Gasteiger partial charge >= 0.3 is 0 Å². The average Bonchev–Trinajstić information content (AvgIpc) is 2.54. The van der Waals surface area contributed by atoms with E-state index in [1.54, 1.807) is 22.3 Å². The highest BCUT2D eigenvalue weighted by molar-refractivity contribution is 8.04. The Morgan fingerprint density at radius 2 is 1.21 bits per heavy atom. The minimum atomic E-state index is -4.24. The van der Waals surface area contributed by atoms with Gasteiger partial charge in [0.15, 0.2) is 0 Å². The summed E-state index contributed by atoms with van der Waals surface area (Å²) in [6.45, 7) is 0. The number of hydrogen-bond acceptors (Lipinski definition) is 5. The maximum absolute atomic E-state index is 12.4. The molecule has 124 valence electrons. The van der Waals surface area contributed by atoms with Gasteiger partial charge in [0.05, 0.1) is 9.79 Å². The highest BCUT2D eigenvalue weighted by Gasteiger charge is 2.24. The zero-order valence-corrected chi connectivity index (χ0v) is 14.0. The molecule has 3 N–H and O–H groups in total. The predicted octanol–water partition coefficient (Wildman–Crippen LogP) is 2.09. The van der Waals surface area contributed by atoms with Crippen LogP contribution in [-0.4, -0.2) is 16.8 Å². The topological polar surface area (TPSA) is 106 Å². The molecule has 0 fully saturated rings. The molecule has 0 aliphatic rings. The van der Waals surface area contributed by atoms with Gasteiger partial charge in [-0.05, 0) is 47.2 Å². The summed E-state index contributed by atoms with van der Waals surface area (Å²) in [6.07, 6.45) is 0. The number of sulfonamides is 2. The maximum atomic E-state index is 12.4. The molecular formula is C16H14N2O4S2. The van der Waals surface area contributed by atoms with E-state index in [1.165, 1.54) is 36.4 Å². The molecule has 24 heavy (non-hydrogen) atoms. The van der Waals surface area contributed by atoms with E-state index in [2.05, 4.69) is 0 Å². The van der Waals surface area contributed by atoms with Crippen LogP contribution in [0.3, 0.4) is 0 Å². The lowest BCUT2D eigenvalue weighted by Crippen LogP contribution is -2.30. The van der Waals surface area contributed by atoms with Crippen LogP contribution >= 0.6 is 0 Å². The van der Waals surface area contributed by atoms with Gasteiger partial charge in [-0.15, -0.1) is 4.13 Å². The minimum Gasteiger partial charge on any atom is -0.399 e. The zero-order chi connectivity index (χ0) is 17.4. The summed E-state index contributed by atoms with van der Waals surface area (Å²) in [7, 11) is -8.47. The lowest BCUT2D eigenvalue weighted by atomic mass is 10.1. The molecule has 3 aromatic carbocycles. The van der Waals surface area contributed by atoms with Gasteiger partial charge in [-0.3, -0.25) is 0 Å². The van der Waals surface area contributed by atoms with Gasteiger partial charge in [0.2, 0.25) is 0 Å². The molecular weight excluding hydrogens is 348 g/mol. The molecule has 0 unspecified atom stereocenters. The SMILES string of the molecule is Nc1ccc(S(=O)(=O)NS(=O)(=O)c2ccc3ccccc3c2)cc1. The van der Waals surface area contributed by atoms with Gasteiger partial charge < -0.3 is 5.73 Å². The van der Waals surface area contributed by atoms with Crippen LogP contribution in [0.5, 0.6) is 0 Å². The summed E-state index contributed by atoms with van der Waals surface area (Å²) in [6, 6.07) is 16.9. The van der Waals surface area contributed by atoms with E-state index < -0.39 is 20.0 Å². The molecule has 0 bridgehead atoms. The second kappa shape index (κ2) is 5.90. The van der Waals surface area contributed by atoms with Gasteiger partial charge in [0.25, 0.3) is 20.0 Å². The molecule has 3 aromatic rings.